The quantitative estimate of drug-likeness (QED) is 0.190. The first kappa shape index (κ1) is 27.1. The largest absolute Gasteiger partial charge is 0.294 e. The summed E-state index contributed by atoms with van der Waals surface area (Å²) < 4.78 is 5.01. The maximum atomic E-state index is 5.31. The molecule has 0 fully saturated rings. The molecule has 2 nitrogen and oxygen atoms in total. The molecule has 0 saturated heterocycles. The average molecular weight is 629 g/mol. The van der Waals surface area contributed by atoms with Crippen molar-refractivity contribution in [1.82, 2.24) is 9.55 Å². The van der Waals surface area contributed by atoms with E-state index in [2.05, 4.69) is 174 Å². The van der Waals surface area contributed by atoms with Gasteiger partial charge in [0.1, 0.15) is 5.82 Å². The summed E-state index contributed by atoms with van der Waals surface area (Å²) in [6, 6.07) is 61.1. The van der Waals surface area contributed by atoms with Crippen LogP contribution in [0.2, 0.25) is 0 Å². The molecule has 0 spiro atoms. The van der Waals surface area contributed by atoms with Crippen molar-refractivity contribution in [3.8, 4) is 39.2 Å². The van der Waals surface area contributed by atoms with Gasteiger partial charge in [-0.2, -0.15) is 0 Å². The summed E-state index contributed by atoms with van der Waals surface area (Å²) in [5.74, 6) is 0.924. The average Bonchev–Trinajstić information content (AvgIpc) is 3.71. The summed E-state index contributed by atoms with van der Waals surface area (Å²) in [4.78, 5) is 5.31. The monoisotopic (exact) mass is 628 g/mol. The smallest absolute Gasteiger partial charge is 0.138 e. The van der Waals surface area contributed by atoms with Gasteiger partial charge < -0.3 is 0 Å². The summed E-state index contributed by atoms with van der Waals surface area (Å²) in [6.45, 7) is 0. The number of hydrogen-bond acceptors (Lipinski definition) is 2. The van der Waals surface area contributed by atoms with Crippen molar-refractivity contribution in [2.45, 2.75) is 0 Å². The molecule has 3 aromatic heterocycles. The number of pyridine rings is 1. The minimum Gasteiger partial charge on any atom is -0.294 e. The summed E-state index contributed by atoms with van der Waals surface area (Å²) >= 11 is 1.90. The zero-order chi connectivity index (χ0) is 31.6. The normalized spacial score (nSPS) is 11.8. The van der Waals surface area contributed by atoms with Crippen LogP contribution in [0, 0.1) is 0 Å². The lowest BCUT2D eigenvalue weighted by molar-refractivity contribution is 1.10. The lowest BCUT2D eigenvalue weighted by Gasteiger charge is -2.13. The van der Waals surface area contributed by atoms with E-state index >= 15 is 0 Å². The molecule has 0 radical (unpaired) electrons. The number of benzene rings is 7. The van der Waals surface area contributed by atoms with Gasteiger partial charge in [-0.15, -0.1) is 11.3 Å². The van der Waals surface area contributed by atoms with Crippen LogP contribution in [0.15, 0.2) is 170 Å². The topological polar surface area (TPSA) is 17.8 Å². The zero-order valence-electron chi connectivity index (χ0n) is 26.0. The third kappa shape index (κ3) is 4.15. The molecule has 0 aliphatic heterocycles. The Bertz CT molecular complexity index is 2810. The van der Waals surface area contributed by atoms with Crippen LogP contribution in [-0.2, 0) is 0 Å². The van der Waals surface area contributed by atoms with Gasteiger partial charge in [-0.3, -0.25) is 4.57 Å². The minimum atomic E-state index is 0.924. The Labute approximate surface area is 281 Å². The van der Waals surface area contributed by atoms with Crippen LogP contribution in [-0.4, -0.2) is 9.55 Å². The van der Waals surface area contributed by atoms with E-state index in [1.807, 2.05) is 11.3 Å². The van der Waals surface area contributed by atoms with E-state index in [4.69, 9.17) is 4.98 Å². The highest BCUT2D eigenvalue weighted by molar-refractivity contribution is 7.27. The third-order valence-corrected chi connectivity index (χ3v) is 10.9. The van der Waals surface area contributed by atoms with E-state index in [0.717, 1.165) is 22.2 Å². The van der Waals surface area contributed by atoms with Gasteiger partial charge in [0.15, 0.2) is 0 Å². The second-order valence-electron chi connectivity index (χ2n) is 12.3. The number of thiophene rings is 1. The predicted molar refractivity (Wildman–Crippen MR) is 205 cm³/mol. The second-order valence-corrected chi connectivity index (χ2v) is 13.3. The van der Waals surface area contributed by atoms with Crippen LogP contribution in [0.25, 0.3) is 92.1 Å². The van der Waals surface area contributed by atoms with Crippen molar-refractivity contribution in [2.75, 3.05) is 0 Å². The van der Waals surface area contributed by atoms with Crippen molar-refractivity contribution in [2.24, 2.45) is 0 Å². The Hall–Kier alpha value is -6.03. The van der Waals surface area contributed by atoms with Crippen LogP contribution in [0.1, 0.15) is 0 Å². The Balaban J connectivity index is 1.23. The van der Waals surface area contributed by atoms with E-state index in [0.29, 0.717) is 0 Å². The highest BCUT2D eigenvalue weighted by Crippen LogP contribution is 2.46. The number of hydrogen-bond donors (Lipinski definition) is 0. The van der Waals surface area contributed by atoms with Crippen molar-refractivity contribution in [1.29, 1.82) is 0 Å². The van der Waals surface area contributed by atoms with Gasteiger partial charge in [-0.1, -0.05) is 146 Å². The highest BCUT2D eigenvalue weighted by Gasteiger charge is 2.20. The Morgan fingerprint density at radius 2 is 1.00 bits per heavy atom. The fraction of sp³-hybridized carbons (Fsp3) is 0. The van der Waals surface area contributed by atoms with E-state index in [1.165, 1.54) is 69.8 Å². The lowest BCUT2D eigenvalue weighted by Crippen LogP contribution is -1.99. The molecule has 0 aliphatic rings. The molecule has 0 amide bonds. The van der Waals surface area contributed by atoms with Gasteiger partial charge >= 0.3 is 0 Å². The molecule has 3 heteroatoms. The molecule has 10 aromatic rings. The molecule has 0 N–H and O–H groups in total. The molecule has 0 atom stereocenters. The summed E-state index contributed by atoms with van der Waals surface area (Å²) in [6.07, 6.45) is 0. The molecule has 0 aliphatic carbocycles. The van der Waals surface area contributed by atoms with Gasteiger partial charge in [-0.25, -0.2) is 4.98 Å². The predicted octanol–water partition coefficient (Wildman–Crippen LogP) is 12.7. The Morgan fingerprint density at radius 3 is 1.81 bits per heavy atom. The fourth-order valence-corrected chi connectivity index (χ4v) is 8.78. The van der Waals surface area contributed by atoms with Gasteiger partial charge in [0, 0.05) is 36.3 Å². The number of aromatic nitrogens is 2. The first-order chi connectivity index (χ1) is 23.8. The molecular weight excluding hydrogens is 601 g/mol. The molecule has 224 valence electrons. The molecule has 0 bridgehead atoms. The van der Waals surface area contributed by atoms with Crippen molar-refractivity contribution >= 4 is 64.2 Å². The van der Waals surface area contributed by atoms with Crippen LogP contribution in [0.3, 0.4) is 0 Å². The summed E-state index contributed by atoms with van der Waals surface area (Å²) in [5.41, 5.74) is 10.6. The van der Waals surface area contributed by atoms with Gasteiger partial charge in [0.2, 0.25) is 0 Å². The van der Waals surface area contributed by atoms with E-state index < -0.39 is 0 Å². The summed E-state index contributed by atoms with van der Waals surface area (Å²) in [5, 5.41) is 6.28. The van der Waals surface area contributed by atoms with Gasteiger partial charge in [-0.05, 0) is 57.6 Å². The van der Waals surface area contributed by atoms with Crippen molar-refractivity contribution < 1.29 is 0 Å². The molecule has 3 heterocycles. The Morgan fingerprint density at radius 1 is 0.396 bits per heavy atom. The van der Waals surface area contributed by atoms with E-state index in [9.17, 15) is 0 Å². The zero-order valence-corrected chi connectivity index (χ0v) is 26.8. The number of rotatable bonds is 4. The Kier molecular flexibility index (Phi) is 6.08. The number of fused-ring (bicyclic) bond motifs is 8. The van der Waals surface area contributed by atoms with E-state index in [-0.39, 0.29) is 0 Å². The molecule has 0 saturated carbocycles. The fourth-order valence-electron chi connectivity index (χ4n) is 7.39. The molecule has 7 aromatic carbocycles. The molecule has 0 unspecified atom stereocenters. The maximum Gasteiger partial charge on any atom is 0.138 e. The molecular formula is C45H28N2S. The first-order valence-corrected chi connectivity index (χ1v) is 17.1. The van der Waals surface area contributed by atoms with Crippen molar-refractivity contribution in [3.63, 3.8) is 0 Å². The van der Waals surface area contributed by atoms with Gasteiger partial charge in [0.25, 0.3) is 0 Å². The molecule has 10 rings (SSSR count). The van der Waals surface area contributed by atoms with Crippen LogP contribution < -0.4 is 0 Å². The molecule has 48 heavy (non-hydrogen) atoms. The lowest BCUT2D eigenvalue weighted by atomic mass is 9.98. The van der Waals surface area contributed by atoms with E-state index in [1.54, 1.807) is 0 Å². The SMILES string of the molecule is c1ccc(-c2ccc(-c3cc(-n4c5ccccc5c5c6sc7c(-c8ccccc8)cccc7c6ccc54)nc4ccccc34)cc2)cc1. The van der Waals surface area contributed by atoms with Crippen LogP contribution >= 0.6 is 11.3 Å². The standard InChI is InChI=1S/C45H28N2S/c1-3-12-29(13-4-1)30-22-24-32(25-23-30)38-28-42(46-39-20-9-7-16-34(38)39)47-40-21-10-8-17-37(40)43-41(47)27-26-36-35-19-11-18-33(44(35)48-45(36)43)31-14-5-2-6-15-31/h1-28H. The number of para-hydroxylation sites is 2. The maximum absolute atomic E-state index is 5.31. The third-order valence-electron chi connectivity index (χ3n) is 9.62. The van der Waals surface area contributed by atoms with Crippen molar-refractivity contribution in [3.05, 3.63) is 170 Å². The number of nitrogens with zero attached hydrogens (tertiary/aromatic N) is 2. The summed E-state index contributed by atoms with van der Waals surface area (Å²) in [7, 11) is 0. The highest BCUT2D eigenvalue weighted by atomic mass is 32.1. The van der Waals surface area contributed by atoms with Gasteiger partial charge in [0.05, 0.1) is 16.6 Å². The first-order valence-electron chi connectivity index (χ1n) is 16.3. The van der Waals surface area contributed by atoms with Crippen LogP contribution in [0.4, 0.5) is 0 Å². The second kappa shape index (κ2) is 10.8. The minimum absolute atomic E-state index is 0.924. The van der Waals surface area contributed by atoms with Crippen LogP contribution in [0.5, 0.6) is 0 Å².